The van der Waals surface area contributed by atoms with Gasteiger partial charge in [-0.3, -0.25) is 10.1 Å². The number of nitro groups is 1. The predicted molar refractivity (Wildman–Crippen MR) is 97.8 cm³/mol. The highest BCUT2D eigenvalue weighted by atomic mass is 16.6. The summed E-state index contributed by atoms with van der Waals surface area (Å²) >= 11 is 0. The number of fused-ring (bicyclic) bond motifs is 1. The summed E-state index contributed by atoms with van der Waals surface area (Å²) in [5.41, 5.74) is 6.92. The second-order valence-corrected chi connectivity index (χ2v) is 5.62. The molecule has 0 bridgehead atoms. The van der Waals surface area contributed by atoms with E-state index in [2.05, 4.69) is 4.98 Å². The van der Waals surface area contributed by atoms with Crippen LogP contribution < -0.4 is 10.5 Å². The second-order valence-electron chi connectivity index (χ2n) is 5.62. The molecule has 3 rings (SSSR count). The van der Waals surface area contributed by atoms with Gasteiger partial charge in [0, 0.05) is 10.9 Å². The van der Waals surface area contributed by atoms with Crippen molar-refractivity contribution < 1.29 is 24.0 Å². The number of nitrogen functional groups attached to an aromatic ring is 1. The maximum absolute atomic E-state index is 11.8. The molecule has 1 unspecified atom stereocenters. The molecule has 0 fully saturated rings. The number of aromatic nitrogens is 1. The summed E-state index contributed by atoms with van der Waals surface area (Å²) in [5.74, 6) is -1.10. The molecule has 0 spiro atoms. The lowest BCUT2D eigenvalue weighted by Crippen LogP contribution is -2.23. The Labute approximate surface area is 152 Å². The van der Waals surface area contributed by atoms with Crippen molar-refractivity contribution in [3.8, 4) is 5.75 Å². The van der Waals surface area contributed by atoms with Crippen molar-refractivity contribution in [1.29, 1.82) is 0 Å². The van der Waals surface area contributed by atoms with E-state index < -0.39 is 22.9 Å². The van der Waals surface area contributed by atoms with Crippen LogP contribution in [0.25, 0.3) is 23.1 Å². The quantitative estimate of drug-likeness (QED) is 0.397. The number of rotatable bonds is 5. The first kappa shape index (κ1) is 18.1. The summed E-state index contributed by atoms with van der Waals surface area (Å²) in [6, 6.07) is 9.71. The third-order valence-electron chi connectivity index (χ3n) is 3.66. The molecule has 9 nitrogen and oxygen atoms in total. The number of nitrogens with zero attached hydrogens (tertiary/aromatic N) is 2. The van der Waals surface area contributed by atoms with Crippen LogP contribution in [0.1, 0.15) is 18.2 Å². The molecular formula is C18H15N3O6. The lowest BCUT2D eigenvalue weighted by atomic mass is 10.1. The van der Waals surface area contributed by atoms with E-state index in [0.29, 0.717) is 16.5 Å². The van der Waals surface area contributed by atoms with Gasteiger partial charge in [0.15, 0.2) is 11.6 Å². The van der Waals surface area contributed by atoms with Crippen LogP contribution in [0.3, 0.4) is 0 Å². The number of ether oxygens (including phenoxy) is 1. The minimum atomic E-state index is -1.35. The summed E-state index contributed by atoms with van der Waals surface area (Å²) in [6.07, 6.45) is 1.68. The van der Waals surface area contributed by atoms with Crippen molar-refractivity contribution >= 4 is 40.7 Å². The Morgan fingerprint density at radius 2 is 2.07 bits per heavy atom. The van der Waals surface area contributed by atoms with E-state index in [1.165, 1.54) is 25.1 Å². The number of hydrogen-bond donors (Lipinski definition) is 2. The van der Waals surface area contributed by atoms with E-state index in [0.717, 1.165) is 0 Å². The van der Waals surface area contributed by atoms with Crippen LogP contribution in [0.5, 0.6) is 5.75 Å². The highest BCUT2D eigenvalue weighted by Crippen LogP contribution is 2.34. The highest BCUT2D eigenvalue weighted by Gasteiger charge is 2.19. The van der Waals surface area contributed by atoms with Crippen LogP contribution in [-0.2, 0) is 4.79 Å². The summed E-state index contributed by atoms with van der Waals surface area (Å²) in [6.45, 7) is 1.27. The maximum atomic E-state index is 11.8. The fourth-order valence-electron chi connectivity index (χ4n) is 2.39. The molecule has 27 heavy (non-hydrogen) atoms. The summed E-state index contributed by atoms with van der Waals surface area (Å²) in [5, 5.41) is 20.8. The van der Waals surface area contributed by atoms with Crippen molar-refractivity contribution in [2.45, 2.75) is 13.0 Å². The van der Waals surface area contributed by atoms with E-state index >= 15 is 0 Å². The number of anilines is 1. The third-order valence-corrected chi connectivity index (χ3v) is 3.66. The highest BCUT2D eigenvalue weighted by molar-refractivity contribution is 5.96. The number of nitrogens with two attached hydrogens (primary N) is 1. The molecule has 3 N–H and O–H groups in total. The molecule has 1 aromatic carbocycles. The molecule has 0 saturated carbocycles. The number of carbonyl (C=O) groups is 1. The fraction of sp³-hybridized carbons (Fsp3) is 0.111. The number of benzene rings is 1. The summed E-state index contributed by atoms with van der Waals surface area (Å²) in [4.78, 5) is 26.1. The van der Waals surface area contributed by atoms with Crippen molar-refractivity contribution in [2.24, 2.45) is 0 Å². The molecule has 1 atom stereocenters. The van der Waals surface area contributed by atoms with Crippen molar-refractivity contribution in [3.63, 3.8) is 0 Å². The smallest absolute Gasteiger partial charge is 0.420 e. The predicted octanol–water partition coefficient (Wildman–Crippen LogP) is 2.77. The van der Waals surface area contributed by atoms with E-state index in [9.17, 15) is 20.0 Å². The average molecular weight is 369 g/mol. The minimum Gasteiger partial charge on any atom is -0.420 e. The van der Waals surface area contributed by atoms with E-state index in [4.69, 9.17) is 14.9 Å². The van der Waals surface area contributed by atoms with Crippen LogP contribution in [0, 0.1) is 10.1 Å². The number of pyridine rings is 1. The number of furan rings is 1. The molecule has 0 aliphatic heterocycles. The first-order valence-electron chi connectivity index (χ1n) is 7.87. The molecule has 0 saturated heterocycles. The van der Waals surface area contributed by atoms with Gasteiger partial charge in [0.25, 0.3) is 0 Å². The van der Waals surface area contributed by atoms with E-state index in [1.807, 2.05) is 0 Å². The standard InChI is InChI=1S/C18H15N3O6/c1-10(22)18(23)27-16-13(8-6-11-7-9-15(26-11)21(24)25)12-4-2-3-5-14(12)20-17(16)19/h2-10,22H,1H3,(H2,19,20)/b8-6+. The van der Waals surface area contributed by atoms with Gasteiger partial charge in [-0.1, -0.05) is 18.2 Å². The minimum absolute atomic E-state index is 0.0168. The molecule has 138 valence electrons. The topological polar surface area (TPSA) is 142 Å². The third kappa shape index (κ3) is 3.77. The number of para-hydroxylation sites is 1. The van der Waals surface area contributed by atoms with Crippen molar-refractivity contribution in [1.82, 2.24) is 4.98 Å². The molecule has 0 amide bonds. The lowest BCUT2D eigenvalue weighted by Gasteiger charge is -2.13. The molecule has 2 aromatic heterocycles. The fourth-order valence-corrected chi connectivity index (χ4v) is 2.39. The van der Waals surface area contributed by atoms with Crippen molar-refractivity contribution in [3.05, 3.63) is 57.8 Å². The zero-order chi connectivity index (χ0) is 19.6. The Hall–Kier alpha value is -3.72. The SMILES string of the molecule is CC(O)C(=O)Oc1c(N)nc2ccccc2c1/C=C/c1ccc([N+](=O)[O-])o1. The zero-order valence-electron chi connectivity index (χ0n) is 14.2. The van der Waals surface area contributed by atoms with Crippen molar-refractivity contribution in [2.75, 3.05) is 5.73 Å². The molecule has 0 radical (unpaired) electrons. The van der Waals surface area contributed by atoms with Crippen LogP contribution in [0.2, 0.25) is 0 Å². The molecule has 0 aliphatic carbocycles. The maximum Gasteiger partial charge on any atom is 0.433 e. The summed E-state index contributed by atoms with van der Waals surface area (Å²) in [7, 11) is 0. The van der Waals surface area contributed by atoms with Gasteiger partial charge in [0.1, 0.15) is 16.8 Å². The van der Waals surface area contributed by atoms with Gasteiger partial charge in [-0.25, -0.2) is 9.78 Å². The number of esters is 1. The van der Waals surface area contributed by atoms with E-state index in [-0.39, 0.29) is 17.3 Å². The van der Waals surface area contributed by atoms with Gasteiger partial charge in [-0.2, -0.15) is 0 Å². The van der Waals surface area contributed by atoms with Crippen LogP contribution in [-0.4, -0.2) is 27.1 Å². The average Bonchev–Trinajstić information content (AvgIpc) is 3.10. The molecule has 9 heteroatoms. The number of carbonyl (C=O) groups excluding carboxylic acids is 1. The Morgan fingerprint density at radius 3 is 2.74 bits per heavy atom. The Kier molecular flexibility index (Phi) is 4.86. The van der Waals surface area contributed by atoms with Gasteiger partial charge >= 0.3 is 11.9 Å². The zero-order valence-corrected chi connectivity index (χ0v) is 14.2. The van der Waals surface area contributed by atoms with Gasteiger partial charge in [-0.05, 0) is 31.2 Å². The first-order valence-corrected chi connectivity index (χ1v) is 7.87. The first-order chi connectivity index (χ1) is 12.9. The Balaban J connectivity index is 2.11. The monoisotopic (exact) mass is 369 g/mol. The number of aliphatic hydroxyl groups excluding tert-OH is 1. The van der Waals surface area contributed by atoms with E-state index in [1.54, 1.807) is 30.3 Å². The molecular weight excluding hydrogens is 354 g/mol. The van der Waals surface area contributed by atoms with Gasteiger partial charge in [-0.15, -0.1) is 0 Å². The van der Waals surface area contributed by atoms with Crippen LogP contribution >= 0.6 is 0 Å². The second kappa shape index (κ2) is 7.26. The molecule has 3 aromatic rings. The Morgan fingerprint density at radius 1 is 1.33 bits per heavy atom. The van der Waals surface area contributed by atoms with Crippen LogP contribution in [0.4, 0.5) is 11.7 Å². The Bertz CT molecular complexity index is 1050. The van der Waals surface area contributed by atoms with Gasteiger partial charge in [0.2, 0.25) is 0 Å². The number of aliphatic hydroxyl groups is 1. The lowest BCUT2D eigenvalue weighted by molar-refractivity contribution is -0.402. The number of hydrogen-bond acceptors (Lipinski definition) is 8. The van der Waals surface area contributed by atoms with Crippen LogP contribution in [0.15, 0.2) is 40.8 Å². The van der Waals surface area contributed by atoms with Gasteiger partial charge in [0.05, 0.1) is 11.6 Å². The summed E-state index contributed by atoms with van der Waals surface area (Å²) < 4.78 is 10.3. The molecule has 0 aliphatic rings. The molecule has 2 heterocycles. The normalized spacial score (nSPS) is 12.4. The largest absolute Gasteiger partial charge is 0.433 e. The van der Waals surface area contributed by atoms with Gasteiger partial charge < -0.3 is 20.0 Å².